The van der Waals surface area contributed by atoms with Crippen molar-refractivity contribution in [3.63, 3.8) is 0 Å². The number of nitrogens with zero attached hydrogens (tertiary/aromatic N) is 1. The van der Waals surface area contributed by atoms with E-state index in [0.717, 1.165) is 12.8 Å². The van der Waals surface area contributed by atoms with Gasteiger partial charge in [0, 0.05) is 0 Å². The topological polar surface area (TPSA) is 106 Å². The minimum absolute atomic E-state index is 0. The first kappa shape index (κ1) is 28.2. The van der Waals surface area contributed by atoms with Crippen LogP contribution in [0.15, 0.2) is 59.5 Å². The van der Waals surface area contributed by atoms with E-state index >= 15 is 0 Å². The van der Waals surface area contributed by atoms with Gasteiger partial charge in [0.1, 0.15) is 0 Å². The second kappa shape index (κ2) is 13.0. The van der Waals surface area contributed by atoms with Crippen molar-refractivity contribution < 1.29 is 34.1 Å². The Hall–Kier alpha value is -0.827. The van der Waals surface area contributed by atoms with Crippen LogP contribution in [-0.2, 0) is 48.7 Å². The fourth-order valence-corrected chi connectivity index (χ4v) is 6.28. The predicted molar refractivity (Wildman–Crippen MR) is 122 cm³/mol. The van der Waals surface area contributed by atoms with E-state index in [2.05, 4.69) is 14.4 Å². The summed E-state index contributed by atoms with van der Waals surface area (Å²) in [5, 5.41) is 0. The van der Waals surface area contributed by atoms with Crippen molar-refractivity contribution in [2.75, 3.05) is 0 Å². The molecule has 0 radical (unpaired) electrons. The van der Waals surface area contributed by atoms with Gasteiger partial charge in [-0.15, -0.1) is 6.04 Å². The van der Waals surface area contributed by atoms with Crippen LogP contribution in [0.2, 0.25) is 0 Å². The molecule has 0 aromatic heterocycles. The standard InChI is InChI=1S/C20H24N2O4S2.CH3.ClH.Ru/c21-19-12-6-7-13-20(19)22-28(25,26)15-17-9-5-4-8-16(17)14-27(23,24)18-10-2-1-3-11-18;;;/h1-5,8-11,19-21H,6-7,12-15H2;1H3;1H;/q-2;-1;;+4/p-1. The third kappa shape index (κ3) is 8.56. The van der Waals surface area contributed by atoms with Crippen LogP contribution in [0.4, 0.5) is 0 Å². The van der Waals surface area contributed by atoms with Gasteiger partial charge in [-0.1, -0.05) is 68.1 Å². The van der Waals surface area contributed by atoms with Crippen LogP contribution >= 0.6 is 9.69 Å². The quantitative estimate of drug-likeness (QED) is 0.329. The molecule has 1 aliphatic carbocycles. The number of sulfone groups is 1. The van der Waals surface area contributed by atoms with Crippen molar-refractivity contribution in [3.05, 3.63) is 83.6 Å². The third-order valence-electron chi connectivity index (χ3n) is 4.93. The molecule has 0 bridgehead atoms. The van der Waals surface area contributed by atoms with Gasteiger partial charge in [0.15, 0.2) is 9.84 Å². The molecule has 0 amide bonds. The molecule has 0 saturated heterocycles. The first-order valence-corrected chi connectivity index (χ1v) is 14.9. The van der Waals surface area contributed by atoms with Crippen molar-refractivity contribution in [3.8, 4) is 0 Å². The summed E-state index contributed by atoms with van der Waals surface area (Å²) in [5.74, 6) is -0.621. The molecular weight excluding hydrogens is 545 g/mol. The van der Waals surface area contributed by atoms with E-state index in [0.29, 0.717) is 24.0 Å². The Balaban J connectivity index is 0.00000156. The zero-order valence-electron chi connectivity index (χ0n) is 17.2. The Kier molecular flexibility index (Phi) is 11.8. The van der Waals surface area contributed by atoms with Crippen LogP contribution in [-0.4, -0.2) is 28.9 Å². The van der Waals surface area contributed by atoms with E-state index in [1.807, 2.05) is 17.3 Å². The second-order valence-corrected chi connectivity index (χ2v) is 10.8. The van der Waals surface area contributed by atoms with Crippen molar-refractivity contribution in [1.29, 1.82) is 0 Å². The first-order chi connectivity index (χ1) is 14.3. The number of sulfonamides is 1. The molecule has 10 heteroatoms. The molecule has 1 saturated carbocycles. The number of hydrogen-bond acceptors (Lipinski definition) is 4. The van der Waals surface area contributed by atoms with Crippen LogP contribution in [0.25, 0.3) is 10.5 Å². The monoisotopic (exact) mass is 572 g/mol. The molecule has 2 atom stereocenters. The maximum absolute atomic E-state index is 12.7. The summed E-state index contributed by atoms with van der Waals surface area (Å²) in [5.41, 5.74) is 8.90. The Labute approximate surface area is 200 Å². The zero-order valence-corrected chi connectivity index (χ0v) is 21.3. The molecule has 1 aliphatic rings. The van der Waals surface area contributed by atoms with E-state index in [1.165, 1.54) is 12.1 Å². The van der Waals surface area contributed by atoms with Gasteiger partial charge < -0.3 is 17.9 Å². The Morgan fingerprint density at radius 2 is 1.39 bits per heavy atom. The van der Waals surface area contributed by atoms with Crippen LogP contribution in [0, 0.1) is 7.43 Å². The van der Waals surface area contributed by atoms with Crippen LogP contribution in [0.5, 0.6) is 0 Å². The van der Waals surface area contributed by atoms with Gasteiger partial charge in [-0.3, -0.25) is 0 Å². The van der Waals surface area contributed by atoms with Gasteiger partial charge in [-0.25, -0.2) is 16.8 Å². The Morgan fingerprint density at radius 3 is 1.97 bits per heavy atom. The molecule has 31 heavy (non-hydrogen) atoms. The van der Waals surface area contributed by atoms with E-state index in [-0.39, 0.29) is 23.8 Å². The second-order valence-electron chi connectivity index (χ2n) is 7.13. The average molecular weight is 572 g/mol. The van der Waals surface area contributed by atoms with Crippen LogP contribution in [0.3, 0.4) is 0 Å². The molecule has 172 valence electrons. The Morgan fingerprint density at radius 1 is 0.871 bits per heavy atom. The molecule has 0 spiro atoms. The van der Waals surface area contributed by atoms with Crippen molar-refractivity contribution >= 4 is 29.6 Å². The summed E-state index contributed by atoms with van der Waals surface area (Å²) in [6.45, 7) is 0. The van der Waals surface area contributed by atoms with Crippen molar-refractivity contribution in [2.45, 2.75) is 54.2 Å². The fourth-order valence-electron chi connectivity index (χ4n) is 3.43. The summed E-state index contributed by atoms with van der Waals surface area (Å²) in [4.78, 5) is 0.205. The van der Waals surface area contributed by atoms with E-state index in [4.69, 9.17) is 5.73 Å². The average Bonchev–Trinajstić information content (AvgIpc) is 2.73. The van der Waals surface area contributed by atoms with Gasteiger partial charge in [0.25, 0.3) is 0 Å². The molecule has 3 rings (SSSR count). The molecule has 0 heterocycles. The van der Waals surface area contributed by atoms with E-state index < -0.39 is 31.9 Å². The fraction of sp³-hybridized carbons (Fsp3) is 0.381. The number of nitrogens with one attached hydrogen (secondary N) is 1. The van der Waals surface area contributed by atoms with Gasteiger partial charge in [0.05, 0.1) is 26.4 Å². The number of halogens is 1. The minimum atomic E-state index is -3.80. The summed E-state index contributed by atoms with van der Waals surface area (Å²) >= 11 is 1.82. The maximum Gasteiger partial charge on any atom is 0.182 e. The number of rotatable bonds is 7. The van der Waals surface area contributed by atoms with Gasteiger partial charge in [-0.05, 0) is 23.3 Å². The molecule has 0 aliphatic heterocycles. The van der Waals surface area contributed by atoms with Gasteiger partial charge in [-0.2, -0.15) is 6.04 Å². The van der Waals surface area contributed by atoms with Crippen LogP contribution in [0.1, 0.15) is 36.8 Å². The molecular formula is C21H27ClN2O4RuS2. The largest absolute Gasteiger partial charge is 0.676 e. The number of benzene rings is 2. The summed E-state index contributed by atoms with van der Waals surface area (Å²) in [7, 11) is -2.81. The summed E-state index contributed by atoms with van der Waals surface area (Å²) < 4.78 is 54.5. The molecule has 2 unspecified atom stereocenters. The minimum Gasteiger partial charge on any atom is -0.676 e. The van der Waals surface area contributed by atoms with Gasteiger partial charge >= 0.3 is 27.0 Å². The summed E-state index contributed by atoms with van der Waals surface area (Å²) in [6, 6.07) is 13.8. The molecule has 6 nitrogen and oxygen atoms in total. The zero-order chi connectivity index (χ0) is 22.2. The maximum atomic E-state index is 12.7. The molecule has 1 fully saturated rings. The molecule has 1 N–H and O–H groups in total. The summed E-state index contributed by atoms with van der Waals surface area (Å²) in [6.07, 6.45) is 3.08. The first-order valence-electron chi connectivity index (χ1n) is 9.41. The molecule has 2 aromatic rings. The van der Waals surface area contributed by atoms with Crippen LogP contribution < -0.4 is 0 Å². The predicted octanol–water partition coefficient (Wildman–Crippen LogP) is 5.36. The smallest absolute Gasteiger partial charge is 0.182 e. The number of hydrogen-bond donors (Lipinski definition) is 0. The van der Waals surface area contributed by atoms with Gasteiger partial charge in [0.2, 0.25) is 0 Å². The Bertz CT molecular complexity index is 1020. The normalized spacial score (nSPS) is 18.9. The van der Waals surface area contributed by atoms with Crippen molar-refractivity contribution in [2.24, 2.45) is 0 Å². The SMILES string of the molecule is [CH3-].[Cl][Ru+3].[NH-]C1CCCCC1[N-]S(=O)(=O)Cc1ccccc1CS(=O)(=O)c1ccccc1. The van der Waals surface area contributed by atoms with Crippen molar-refractivity contribution in [1.82, 2.24) is 0 Å². The van der Waals surface area contributed by atoms with E-state index in [1.54, 1.807) is 42.5 Å². The third-order valence-corrected chi connectivity index (χ3v) is 7.88. The molecule has 2 aromatic carbocycles. The van der Waals surface area contributed by atoms with E-state index in [9.17, 15) is 16.8 Å².